The van der Waals surface area contributed by atoms with Crippen LogP contribution in [0.3, 0.4) is 0 Å². The van der Waals surface area contributed by atoms with E-state index in [1.165, 1.54) is 4.90 Å². The minimum absolute atomic E-state index is 0.0540. The number of nitrogens with zero attached hydrogens (tertiary/aromatic N) is 2. The van der Waals surface area contributed by atoms with Crippen molar-refractivity contribution in [2.75, 3.05) is 18.9 Å². The van der Waals surface area contributed by atoms with E-state index in [9.17, 15) is 9.59 Å². The number of aromatic nitrogens is 1. The zero-order valence-corrected chi connectivity index (χ0v) is 13.3. The third-order valence-electron chi connectivity index (χ3n) is 3.21. The van der Waals surface area contributed by atoms with Crippen molar-refractivity contribution in [3.05, 3.63) is 11.8 Å². The largest absolute Gasteiger partial charge is 0.360 e. The summed E-state index contributed by atoms with van der Waals surface area (Å²) in [4.78, 5) is 25.2. The van der Waals surface area contributed by atoms with Crippen molar-refractivity contribution < 1.29 is 14.1 Å². The Balaban J connectivity index is 2.46. The monoisotopic (exact) mass is 296 g/mol. The Kier molecular flexibility index (Phi) is 5.48. The van der Waals surface area contributed by atoms with E-state index < -0.39 is 0 Å². The molecule has 118 valence electrons. The van der Waals surface area contributed by atoms with Gasteiger partial charge in [-0.25, -0.2) is 0 Å². The molecule has 1 heterocycles. The number of hydrogen-bond donors (Lipinski definition) is 2. The number of rotatable bonds is 5. The van der Waals surface area contributed by atoms with Gasteiger partial charge in [-0.3, -0.25) is 9.59 Å². The van der Waals surface area contributed by atoms with Crippen LogP contribution in [0, 0.1) is 12.3 Å². The van der Waals surface area contributed by atoms with Gasteiger partial charge in [0.05, 0.1) is 6.54 Å². The van der Waals surface area contributed by atoms with Crippen molar-refractivity contribution in [3.63, 3.8) is 0 Å². The average Bonchev–Trinajstić information content (AvgIpc) is 2.72. The normalized spacial score (nSPS) is 12.9. The molecule has 0 bridgehead atoms. The summed E-state index contributed by atoms with van der Waals surface area (Å²) in [6, 6.07) is 1.35. The van der Waals surface area contributed by atoms with E-state index in [4.69, 9.17) is 10.3 Å². The second-order valence-electron chi connectivity index (χ2n) is 6.30. The van der Waals surface area contributed by atoms with E-state index in [2.05, 4.69) is 10.5 Å². The number of hydrogen-bond acceptors (Lipinski definition) is 5. The van der Waals surface area contributed by atoms with Crippen molar-refractivity contribution in [1.29, 1.82) is 0 Å². The van der Waals surface area contributed by atoms with Crippen LogP contribution in [0.25, 0.3) is 0 Å². The number of nitrogens with two attached hydrogens (primary N) is 1. The summed E-state index contributed by atoms with van der Waals surface area (Å²) >= 11 is 0. The van der Waals surface area contributed by atoms with Gasteiger partial charge < -0.3 is 20.5 Å². The van der Waals surface area contributed by atoms with Crippen LogP contribution in [0.2, 0.25) is 0 Å². The van der Waals surface area contributed by atoms with E-state index in [0.717, 1.165) is 0 Å². The number of anilines is 1. The van der Waals surface area contributed by atoms with Gasteiger partial charge in [-0.05, 0) is 12.3 Å². The van der Waals surface area contributed by atoms with Crippen LogP contribution in [0.1, 0.15) is 33.0 Å². The number of likely N-dealkylation sites (N-methyl/N-ethyl adjacent to an activating group) is 1. The Morgan fingerprint density at radius 2 is 2.10 bits per heavy atom. The lowest BCUT2D eigenvalue weighted by atomic mass is 9.85. The molecule has 0 aliphatic heterocycles. The van der Waals surface area contributed by atoms with Crippen LogP contribution < -0.4 is 11.1 Å². The predicted octanol–water partition coefficient (Wildman–Crippen LogP) is 1.14. The summed E-state index contributed by atoms with van der Waals surface area (Å²) in [7, 11) is 1.57. The molecule has 0 spiro atoms. The van der Waals surface area contributed by atoms with Gasteiger partial charge in [0, 0.05) is 25.6 Å². The standard InChI is InChI=1S/C14H24N4O3/c1-9-6-11(17-21-9)16-12(19)8-18(5)13(20)7-10(15)14(2,3)4/h6,10H,7-8,15H2,1-5H3,(H,16,17,19). The highest BCUT2D eigenvalue weighted by Gasteiger charge is 2.25. The zero-order valence-electron chi connectivity index (χ0n) is 13.3. The maximum atomic E-state index is 12.0. The number of nitrogens with one attached hydrogen (secondary N) is 1. The molecule has 0 radical (unpaired) electrons. The minimum atomic E-state index is -0.330. The van der Waals surface area contributed by atoms with Gasteiger partial charge in [0.2, 0.25) is 11.8 Å². The van der Waals surface area contributed by atoms with Crippen LogP contribution >= 0.6 is 0 Å². The lowest BCUT2D eigenvalue weighted by molar-refractivity contribution is -0.134. The molecule has 1 unspecified atom stereocenters. The highest BCUT2D eigenvalue weighted by molar-refractivity contribution is 5.93. The fourth-order valence-corrected chi connectivity index (χ4v) is 1.56. The molecule has 0 aliphatic carbocycles. The van der Waals surface area contributed by atoms with Gasteiger partial charge in [0.1, 0.15) is 5.76 Å². The Hall–Kier alpha value is -1.89. The molecule has 0 fully saturated rings. The van der Waals surface area contributed by atoms with Crippen molar-refractivity contribution in [2.45, 2.75) is 40.2 Å². The highest BCUT2D eigenvalue weighted by Crippen LogP contribution is 2.20. The van der Waals surface area contributed by atoms with Crippen molar-refractivity contribution >= 4 is 17.6 Å². The molecule has 1 aromatic rings. The van der Waals surface area contributed by atoms with Crippen LogP contribution in [-0.4, -0.2) is 41.5 Å². The highest BCUT2D eigenvalue weighted by atomic mass is 16.5. The Morgan fingerprint density at radius 1 is 1.48 bits per heavy atom. The number of amides is 2. The van der Waals surface area contributed by atoms with Crippen LogP contribution in [0.5, 0.6) is 0 Å². The van der Waals surface area contributed by atoms with E-state index >= 15 is 0 Å². The zero-order chi connectivity index (χ0) is 16.2. The molecule has 7 nitrogen and oxygen atoms in total. The quantitative estimate of drug-likeness (QED) is 0.848. The SMILES string of the molecule is Cc1cc(NC(=O)CN(C)C(=O)CC(N)C(C)(C)C)no1. The van der Waals surface area contributed by atoms with Gasteiger partial charge in [-0.1, -0.05) is 25.9 Å². The number of aryl methyl sites for hydroxylation is 1. The molecule has 0 aliphatic rings. The Bertz CT molecular complexity index is 505. The second kappa shape index (κ2) is 6.71. The Labute approximate surface area is 124 Å². The van der Waals surface area contributed by atoms with Crippen molar-refractivity contribution in [1.82, 2.24) is 10.1 Å². The first-order valence-electron chi connectivity index (χ1n) is 6.82. The molecule has 1 aromatic heterocycles. The van der Waals surface area contributed by atoms with Gasteiger partial charge >= 0.3 is 0 Å². The smallest absolute Gasteiger partial charge is 0.245 e. The number of carbonyl (C=O) groups excluding carboxylic acids is 2. The van der Waals surface area contributed by atoms with Crippen LogP contribution in [0.4, 0.5) is 5.82 Å². The van der Waals surface area contributed by atoms with Crippen molar-refractivity contribution in [3.8, 4) is 0 Å². The van der Waals surface area contributed by atoms with Gasteiger partial charge in [-0.2, -0.15) is 0 Å². The molecule has 1 rings (SSSR count). The molecule has 3 N–H and O–H groups in total. The third kappa shape index (κ3) is 5.55. The van der Waals surface area contributed by atoms with E-state index in [1.54, 1.807) is 20.0 Å². The topological polar surface area (TPSA) is 101 Å². The summed E-state index contributed by atoms with van der Waals surface area (Å²) in [5.41, 5.74) is 5.82. The summed E-state index contributed by atoms with van der Waals surface area (Å²) < 4.78 is 4.85. The second-order valence-corrected chi connectivity index (χ2v) is 6.30. The fraction of sp³-hybridized carbons (Fsp3) is 0.643. The molecule has 1 atom stereocenters. The summed E-state index contributed by atoms with van der Waals surface area (Å²) in [6.45, 7) is 7.60. The van der Waals surface area contributed by atoms with Crippen LogP contribution in [0.15, 0.2) is 10.6 Å². The summed E-state index contributed by atoms with van der Waals surface area (Å²) in [5.74, 6) is 0.447. The fourth-order valence-electron chi connectivity index (χ4n) is 1.56. The molecule has 0 aromatic carbocycles. The summed E-state index contributed by atoms with van der Waals surface area (Å²) in [6.07, 6.45) is 0.205. The predicted molar refractivity (Wildman–Crippen MR) is 79.6 cm³/mol. The molecule has 2 amide bonds. The molecular weight excluding hydrogens is 272 g/mol. The van der Waals surface area contributed by atoms with Crippen molar-refractivity contribution in [2.24, 2.45) is 11.1 Å². The molecular formula is C14H24N4O3. The maximum absolute atomic E-state index is 12.0. The molecule has 0 saturated heterocycles. The van der Waals surface area contributed by atoms with E-state index in [1.807, 2.05) is 20.8 Å². The first kappa shape index (κ1) is 17.2. The molecule has 7 heteroatoms. The maximum Gasteiger partial charge on any atom is 0.245 e. The minimum Gasteiger partial charge on any atom is -0.360 e. The van der Waals surface area contributed by atoms with Crippen LogP contribution in [-0.2, 0) is 9.59 Å². The van der Waals surface area contributed by atoms with Gasteiger partial charge in [-0.15, -0.1) is 0 Å². The van der Waals surface area contributed by atoms with E-state index in [0.29, 0.717) is 11.6 Å². The average molecular weight is 296 g/mol. The lowest BCUT2D eigenvalue weighted by Crippen LogP contribution is -2.42. The number of carbonyl (C=O) groups is 2. The Morgan fingerprint density at radius 3 is 2.57 bits per heavy atom. The molecule has 0 saturated carbocycles. The first-order chi connectivity index (χ1) is 9.59. The molecule has 21 heavy (non-hydrogen) atoms. The van der Waals surface area contributed by atoms with Gasteiger partial charge in [0.25, 0.3) is 0 Å². The lowest BCUT2D eigenvalue weighted by Gasteiger charge is -2.28. The third-order valence-corrected chi connectivity index (χ3v) is 3.21. The summed E-state index contributed by atoms with van der Waals surface area (Å²) in [5, 5.41) is 6.22. The van der Waals surface area contributed by atoms with E-state index in [-0.39, 0.29) is 36.2 Å². The van der Waals surface area contributed by atoms with Gasteiger partial charge in [0.15, 0.2) is 5.82 Å². The first-order valence-corrected chi connectivity index (χ1v) is 6.82.